The molecule has 0 spiro atoms. The molecule has 1 fully saturated rings. The summed E-state index contributed by atoms with van der Waals surface area (Å²) in [7, 11) is 0. The molecular weight excluding hydrogens is 244 g/mol. The number of para-hydroxylation sites is 1. The minimum absolute atomic E-state index is 0.0489. The van der Waals surface area contributed by atoms with E-state index in [4.69, 9.17) is 5.73 Å². The van der Waals surface area contributed by atoms with Crippen molar-refractivity contribution in [1.29, 1.82) is 0 Å². The van der Waals surface area contributed by atoms with Crippen LogP contribution >= 0.6 is 0 Å². The van der Waals surface area contributed by atoms with Gasteiger partial charge in [-0.3, -0.25) is 10.1 Å². The Hall–Kier alpha value is -2.21. The summed E-state index contributed by atoms with van der Waals surface area (Å²) in [4.78, 5) is 17.0. The molecule has 2 N–H and O–H groups in total. The van der Waals surface area contributed by atoms with Gasteiger partial charge in [-0.05, 0) is 12.5 Å². The van der Waals surface area contributed by atoms with Gasteiger partial charge >= 0.3 is 5.69 Å². The summed E-state index contributed by atoms with van der Waals surface area (Å²) in [5.74, 6) is 0. The van der Waals surface area contributed by atoms with Gasteiger partial charge < -0.3 is 10.6 Å². The molecule has 1 aliphatic rings. The molecule has 1 aliphatic heterocycles. The number of anilines is 1. The molecule has 1 aromatic heterocycles. The molecule has 1 aromatic carbocycles. The van der Waals surface area contributed by atoms with Crippen LogP contribution in [0.2, 0.25) is 0 Å². The Morgan fingerprint density at radius 2 is 2.21 bits per heavy atom. The van der Waals surface area contributed by atoms with Crippen LogP contribution in [0.3, 0.4) is 0 Å². The smallest absolute Gasteiger partial charge is 0.311 e. The van der Waals surface area contributed by atoms with E-state index in [2.05, 4.69) is 4.98 Å². The van der Waals surface area contributed by atoms with E-state index in [1.165, 1.54) is 6.20 Å². The second-order valence-electron chi connectivity index (χ2n) is 4.76. The number of fused-ring (bicyclic) bond motifs is 1. The first-order chi connectivity index (χ1) is 9.16. The molecule has 3 rings (SSSR count). The molecule has 1 unspecified atom stereocenters. The second-order valence-corrected chi connectivity index (χ2v) is 4.76. The van der Waals surface area contributed by atoms with Crippen LogP contribution < -0.4 is 10.6 Å². The lowest BCUT2D eigenvalue weighted by atomic mass is 10.1. The zero-order valence-corrected chi connectivity index (χ0v) is 10.3. The van der Waals surface area contributed by atoms with Crippen LogP contribution in [-0.2, 0) is 0 Å². The number of benzene rings is 1. The van der Waals surface area contributed by atoms with Gasteiger partial charge in [-0.1, -0.05) is 18.2 Å². The highest BCUT2D eigenvalue weighted by molar-refractivity contribution is 5.96. The fraction of sp³-hybridized carbons (Fsp3) is 0.308. The van der Waals surface area contributed by atoms with E-state index < -0.39 is 0 Å². The standard InChI is InChI=1S/C13H14N4O2/c14-9-5-6-16(8-9)13-10-3-1-2-4-11(10)15-7-12(13)17(18)19/h1-4,7,9H,5-6,8,14H2. The molecule has 98 valence electrons. The van der Waals surface area contributed by atoms with Gasteiger partial charge in [-0.25, -0.2) is 4.98 Å². The summed E-state index contributed by atoms with van der Waals surface area (Å²) in [6.45, 7) is 1.39. The Bertz CT molecular complexity index is 644. The first-order valence-corrected chi connectivity index (χ1v) is 6.19. The Labute approximate surface area is 110 Å². The largest absolute Gasteiger partial charge is 0.364 e. The second kappa shape index (κ2) is 4.47. The lowest BCUT2D eigenvalue weighted by Gasteiger charge is -2.19. The van der Waals surface area contributed by atoms with Crippen LogP contribution in [-0.4, -0.2) is 29.0 Å². The molecule has 0 saturated carbocycles. The fourth-order valence-corrected chi connectivity index (χ4v) is 2.57. The average molecular weight is 258 g/mol. The lowest BCUT2D eigenvalue weighted by molar-refractivity contribution is -0.384. The van der Waals surface area contributed by atoms with Gasteiger partial charge in [-0.15, -0.1) is 0 Å². The summed E-state index contributed by atoms with van der Waals surface area (Å²) < 4.78 is 0. The zero-order valence-electron chi connectivity index (χ0n) is 10.3. The van der Waals surface area contributed by atoms with Crippen molar-refractivity contribution in [2.75, 3.05) is 18.0 Å². The molecule has 6 nitrogen and oxygen atoms in total. The fourth-order valence-electron chi connectivity index (χ4n) is 2.57. The van der Waals surface area contributed by atoms with Crippen molar-refractivity contribution in [3.63, 3.8) is 0 Å². The Kier molecular flexibility index (Phi) is 2.79. The number of hydrogen-bond acceptors (Lipinski definition) is 5. The molecular formula is C13H14N4O2. The normalized spacial score (nSPS) is 19.0. The van der Waals surface area contributed by atoms with Gasteiger partial charge in [0.1, 0.15) is 11.9 Å². The van der Waals surface area contributed by atoms with Gasteiger partial charge in [0, 0.05) is 24.5 Å². The Morgan fingerprint density at radius 3 is 2.89 bits per heavy atom. The van der Waals surface area contributed by atoms with E-state index in [0.717, 1.165) is 23.9 Å². The van der Waals surface area contributed by atoms with Crippen LogP contribution in [0, 0.1) is 10.1 Å². The van der Waals surface area contributed by atoms with E-state index in [1.54, 1.807) is 0 Å². The highest BCUT2D eigenvalue weighted by Crippen LogP contribution is 2.36. The molecule has 6 heteroatoms. The SMILES string of the molecule is NC1CCN(c2c([N+](=O)[O-])cnc3ccccc23)C1. The van der Waals surface area contributed by atoms with Crippen molar-refractivity contribution >= 4 is 22.3 Å². The molecule has 0 aliphatic carbocycles. The van der Waals surface area contributed by atoms with E-state index in [1.807, 2.05) is 29.2 Å². The average Bonchev–Trinajstić information content (AvgIpc) is 2.83. The third-order valence-corrected chi connectivity index (χ3v) is 3.47. The summed E-state index contributed by atoms with van der Waals surface area (Å²) in [6.07, 6.45) is 2.19. The van der Waals surface area contributed by atoms with E-state index in [0.29, 0.717) is 12.2 Å². The maximum absolute atomic E-state index is 11.2. The van der Waals surface area contributed by atoms with Crippen molar-refractivity contribution < 1.29 is 4.92 Å². The Morgan fingerprint density at radius 1 is 1.42 bits per heavy atom. The van der Waals surface area contributed by atoms with Crippen molar-refractivity contribution in [3.8, 4) is 0 Å². The predicted octanol–water partition coefficient (Wildman–Crippen LogP) is 1.68. The number of nitro groups is 1. The minimum Gasteiger partial charge on any atom is -0.364 e. The summed E-state index contributed by atoms with van der Waals surface area (Å²) >= 11 is 0. The summed E-state index contributed by atoms with van der Waals surface area (Å²) in [6, 6.07) is 7.55. The molecule has 2 heterocycles. The number of hydrogen-bond donors (Lipinski definition) is 1. The minimum atomic E-state index is -0.376. The van der Waals surface area contributed by atoms with Crippen LogP contribution in [0.25, 0.3) is 10.9 Å². The molecule has 0 radical (unpaired) electrons. The summed E-state index contributed by atoms with van der Waals surface area (Å²) in [5, 5.41) is 12.0. The molecule has 19 heavy (non-hydrogen) atoms. The number of pyridine rings is 1. The highest BCUT2D eigenvalue weighted by Gasteiger charge is 2.28. The number of nitrogens with two attached hydrogens (primary N) is 1. The monoisotopic (exact) mass is 258 g/mol. The van der Waals surface area contributed by atoms with Crippen LogP contribution in [0.4, 0.5) is 11.4 Å². The van der Waals surface area contributed by atoms with Gasteiger partial charge in [0.2, 0.25) is 0 Å². The van der Waals surface area contributed by atoms with Crippen molar-refractivity contribution in [2.24, 2.45) is 5.73 Å². The van der Waals surface area contributed by atoms with Gasteiger partial charge in [-0.2, -0.15) is 0 Å². The van der Waals surface area contributed by atoms with Crippen LogP contribution in [0.15, 0.2) is 30.5 Å². The first-order valence-electron chi connectivity index (χ1n) is 6.19. The number of aromatic nitrogens is 1. The van der Waals surface area contributed by atoms with Gasteiger partial charge in [0.05, 0.1) is 10.4 Å². The number of rotatable bonds is 2. The topological polar surface area (TPSA) is 85.3 Å². The van der Waals surface area contributed by atoms with E-state index in [-0.39, 0.29) is 16.7 Å². The zero-order chi connectivity index (χ0) is 13.4. The van der Waals surface area contributed by atoms with Crippen LogP contribution in [0.1, 0.15) is 6.42 Å². The molecule has 1 saturated heterocycles. The van der Waals surface area contributed by atoms with Crippen molar-refractivity contribution in [1.82, 2.24) is 4.98 Å². The van der Waals surface area contributed by atoms with Gasteiger partial charge in [0.15, 0.2) is 0 Å². The molecule has 0 amide bonds. The Balaban J connectivity index is 2.23. The molecule has 2 aromatic rings. The van der Waals surface area contributed by atoms with Gasteiger partial charge in [0.25, 0.3) is 0 Å². The van der Waals surface area contributed by atoms with Crippen molar-refractivity contribution in [2.45, 2.75) is 12.5 Å². The third-order valence-electron chi connectivity index (χ3n) is 3.47. The van der Waals surface area contributed by atoms with E-state index >= 15 is 0 Å². The number of nitrogens with zero attached hydrogens (tertiary/aromatic N) is 3. The molecule has 0 bridgehead atoms. The van der Waals surface area contributed by atoms with Crippen molar-refractivity contribution in [3.05, 3.63) is 40.6 Å². The predicted molar refractivity (Wildman–Crippen MR) is 73.2 cm³/mol. The maximum atomic E-state index is 11.2. The maximum Gasteiger partial charge on any atom is 0.311 e. The molecule has 1 atom stereocenters. The summed E-state index contributed by atoms with van der Waals surface area (Å²) in [5.41, 5.74) is 7.36. The highest BCUT2D eigenvalue weighted by atomic mass is 16.6. The van der Waals surface area contributed by atoms with Crippen LogP contribution in [0.5, 0.6) is 0 Å². The third kappa shape index (κ3) is 2.00. The quantitative estimate of drug-likeness (QED) is 0.654. The van der Waals surface area contributed by atoms with E-state index in [9.17, 15) is 10.1 Å². The first kappa shape index (κ1) is 11.9. The lowest BCUT2D eigenvalue weighted by Crippen LogP contribution is -2.27.